The van der Waals surface area contributed by atoms with Crippen LogP contribution in [-0.4, -0.2) is 66.8 Å². The Morgan fingerprint density at radius 2 is 1.80 bits per heavy atom. The molecule has 0 aliphatic carbocycles. The molecule has 0 aromatic carbocycles. The fraction of sp³-hybridized carbons (Fsp3) is 0.750. The molecule has 0 saturated heterocycles. The van der Waals surface area contributed by atoms with Crippen LogP contribution in [0.2, 0.25) is 0 Å². The van der Waals surface area contributed by atoms with E-state index >= 15 is 0 Å². The van der Waals surface area contributed by atoms with Gasteiger partial charge >= 0.3 is 12.0 Å². The fourth-order valence-corrected chi connectivity index (χ4v) is 1.34. The van der Waals surface area contributed by atoms with Gasteiger partial charge in [-0.1, -0.05) is 0 Å². The molecular formula is C12H23N3O5. The van der Waals surface area contributed by atoms with Gasteiger partial charge in [0.25, 0.3) is 0 Å². The Kier molecular flexibility index (Phi) is 7.78. The van der Waals surface area contributed by atoms with Gasteiger partial charge < -0.3 is 15.2 Å². The molecule has 8 heteroatoms. The number of nitrogens with zero attached hydrogens (tertiary/aromatic N) is 1. The summed E-state index contributed by atoms with van der Waals surface area (Å²) in [5.41, 5.74) is -0.498. The van der Waals surface area contributed by atoms with Crippen molar-refractivity contribution in [1.82, 2.24) is 15.5 Å². The highest BCUT2D eigenvalue weighted by molar-refractivity contribution is 5.95. The largest absolute Gasteiger partial charge is 0.480 e. The highest BCUT2D eigenvalue weighted by Gasteiger charge is 2.26. The van der Waals surface area contributed by atoms with Crippen molar-refractivity contribution in [2.75, 3.05) is 33.4 Å². The maximum absolute atomic E-state index is 11.7. The summed E-state index contributed by atoms with van der Waals surface area (Å²) in [5.74, 6) is -1.59. The monoisotopic (exact) mass is 289 g/mol. The highest BCUT2D eigenvalue weighted by Crippen LogP contribution is 2.11. The number of carboxylic acid groups (broad SMARTS) is 1. The van der Waals surface area contributed by atoms with E-state index in [9.17, 15) is 14.4 Å². The first-order valence-electron chi connectivity index (χ1n) is 6.20. The summed E-state index contributed by atoms with van der Waals surface area (Å²) in [5, 5.41) is 13.4. The Labute approximate surface area is 118 Å². The Bertz CT molecular complexity index is 351. The van der Waals surface area contributed by atoms with Crippen molar-refractivity contribution in [2.45, 2.75) is 26.3 Å². The van der Waals surface area contributed by atoms with E-state index in [-0.39, 0.29) is 19.6 Å². The molecule has 0 aliphatic heterocycles. The molecule has 0 atom stereocenters. The van der Waals surface area contributed by atoms with Crippen LogP contribution in [0.1, 0.15) is 20.8 Å². The van der Waals surface area contributed by atoms with E-state index in [1.807, 2.05) is 0 Å². The van der Waals surface area contributed by atoms with Crippen molar-refractivity contribution in [1.29, 1.82) is 0 Å². The molecule has 3 N–H and O–H groups in total. The molecule has 0 spiro atoms. The molecule has 0 fully saturated rings. The van der Waals surface area contributed by atoms with Crippen LogP contribution >= 0.6 is 0 Å². The third-order valence-corrected chi connectivity index (χ3v) is 2.45. The summed E-state index contributed by atoms with van der Waals surface area (Å²) < 4.78 is 4.75. The van der Waals surface area contributed by atoms with Gasteiger partial charge in [0.2, 0.25) is 5.91 Å². The van der Waals surface area contributed by atoms with Gasteiger partial charge in [-0.05, 0) is 20.8 Å². The Hall–Kier alpha value is -1.67. The van der Waals surface area contributed by atoms with Crippen LogP contribution in [0.5, 0.6) is 0 Å². The molecule has 0 aromatic rings. The fourth-order valence-electron chi connectivity index (χ4n) is 1.34. The van der Waals surface area contributed by atoms with E-state index in [1.165, 1.54) is 12.0 Å². The maximum atomic E-state index is 11.7. The van der Waals surface area contributed by atoms with E-state index in [0.717, 1.165) is 0 Å². The molecule has 0 saturated carbocycles. The lowest BCUT2D eigenvalue weighted by atomic mass is 10.1. The number of methoxy groups -OCH3 is 1. The smallest absolute Gasteiger partial charge is 0.321 e. The quantitative estimate of drug-likeness (QED) is 0.553. The van der Waals surface area contributed by atoms with Crippen LogP contribution in [0, 0.1) is 0 Å². The number of hydrogen-bond acceptors (Lipinski definition) is 5. The van der Waals surface area contributed by atoms with Crippen LogP contribution in [-0.2, 0) is 14.3 Å². The average Bonchev–Trinajstić information content (AvgIpc) is 2.26. The number of hydrogen-bond donors (Lipinski definition) is 3. The number of carboxylic acids is 1. The zero-order valence-electron chi connectivity index (χ0n) is 12.4. The third kappa shape index (κ3) is 8.44. The molecule has 0 unspecified atom stereocenters. The van der Waals surface area contributed by atoms with Gasteiger partial charge in [-0.3, -0.25) is 19.8 Å². The molecule has 3 amide bonds. The Morgan fingerprint density at radius 1 is 1.20 bits per heavy atom. The summed E-state index contributed by atoms with van der Waals surface area (Å²) in [7, 11) is 1.50. The molecule has 0 radical (unpaired) electrons. The van der Waals surface area contributed by atoms with Crippen molar-refractivity contribution in [3.05, 3.63) is 0 Å². The molecule has 0 heterocycles. The zero-order chi connectivity index (χ0) is 15.8. The van der Waals surface area contributed by atoms with Gasteiger partial charge in [0.1, 0.15) is 0 Å². The third-order valence-electron chi connectivity index (χ3n) is 2.45. The molecule has 8 nitrogen and oxygen atoms in total. The minimum Gasteiger partial charge on any atom is -0.480 e. The highest BCUT2D eigenvalue weighted by atomic mass is 16.5. The molecule has 20 heavy (non-hydrogen) atoms. The average molecular weight is 289 g/mol. The van der Waals surface area contributed by atoms with Crippen LogP contribution in [0.25, 0.3) is 0 Å². The first-order valence-corrected chi connectivity index (χ1v) is 6.20. The summed E-state index contributed by atoms with van der Waals surface area (Å²) in [6, 6.07) is -0.628. The van der Waals surface area contributed by atoms with Crippen LogP contribution < -0.4 is 10.6 Å². The topological polar surface area (TPSA) is 108 Å². The number of imide groups is 1. The molecule has 0 rings (SSSR count). The molecule has 116 valence electrons. The van der Waals surface area contributed by atoms with Crippen molar-refractivity contribution < 1.29 is 24.2 Å². The number of ether oxygens (including phenoxy) is 1. The van der Waals surface area contributed by atoms with Crippen molar-refractivity contribution in [3.63, 3.8) is 0 Å². The number of urea groups is 1. The zero-order valence-corrected chi connectivity index (χ0v) is 12.4. The van der Waals surface area contributed by atoms with Crippen LogP contribution in [0.3, 0.4) is 0 Å². The second kappa shape index (κ2) is 8.49. The van der Waals surface area contributed by atoms with Gasteiger partial charge in [-0.25, -0.2) is 4.79 Å². The van der Waals surface area contributed by atoms with Crippen molar-refractivity contribution >= 4 is 17.9 Å². The molecule has 0 aromatic heterocycles. The molecule has 0 bridgehead atoms. The minimum atomic E-state index is -1.03. The maximum Gasteiger partial charge on any atom is 0.321 e. The van der Waals surface area contributed by atoms with Gasteiger partial charge in [0, 0.05) is 19.2 Å². The number of aliphatic carboxylic acids is 1. The minimum absolute atomic E-state index is 0.173. The summed E-state index contributed by atoms with van der Waals surface area (Å²) in [4.78, 5) is 35.3. The number of carbonyl (C=O) groups is 3. The standard InChI is InChI=1S/C12H23N3O5/c1-12(2,3)15(8-10(17)18)7-9(16)14-11(19)13-5-6-20-4/h5-8H2,1-4H3,(H,17,18)(H2,13,14,16,19). The SMILES string of the molecule is COCCNC(=O)NC(=O)CN(CC(=O)O)C(C)(C)C. The van der Waals surface area contributed by atoms with E-state index in [2.05, 4.69) is 10.6 Å². The van der Waals surface area contributed by atoms with E-state index < -0.39 is 23.4 Å². The number of nitrogens with one attached hydrogen (secondary N) is 2. The van der Waals surface area contributed by atoms with Crippen molar-refractivity contribution in [2.24, 2.45) is 0 Å². The number of amides is 3. The Balaban J connectivity index is 4.32. The lowest BCUT2D eigenvalue weighted by Gasteiger charge is -2.33. The van der Waals surface area contributed by atoms with E-state index in [0.29, 0.717) is 6.61 Å². The lowest BCUT2D eigenvalue weighted by molar-refractivity contribution is -0.140. The van der Waals surface area contributed by atoms with Gasteiger partial charge in [-0.15, -0.1) is 0 Å². The predicted molar refractivity (Wildman–Crippen MR) is 72.4 cm³/mol. The van der Waals surface area contributed by atoms with Gasteiger partial charge in [-0.2, -0.15) is 0 Å². The lowest BCUT2D eigenvalue weighted by Crippen LogP contribution is -2.51. The van der Waals surface area contributed by atoms with Gasteiger partial charge in [0.15, 0.2) is 0 Å². The van der Waals surface area contributed by atoms with Crippen LogP contribution in [0.15, 0.2) is 0 Å². The first-order chi connectivity index (χ1) is 9.16. The first kappa shape index (κ1) is 18.3. The second-order valence-electron chi connectivity index (χ2n) is 5.22. The van der Waals surface area contributed by atoms with Crippen LogP contribution in [0.4, 0.5) is 4.79 Å². The predicted octanol–water partition coefficient (Wildman–Crippen LogP) is -0.356. The van der Waals surface area contributed by atoms with Crippen molar-refractivity contribution in [3.8, 4) is 0 Å². The van der Waals surface area contributed by atoms with E-state index in [1.54, 1.807) is 20.8 Å². The van der Waals surface area contributed by atoms with Gasteiger partial charge in [0.05, 0.1) is 19.7 Å². The summed E-state index contributed by atoms with van der Waals surface area (Å²) in [6.07, 6.45) is 0. The second-order valence-corrected chi connectivity index (χ2v) is 5.22. The number of rotatable bonds is 7. The summed E-state index contributed by atoms with van der Waals surface area (Å²) >= 11 is 0. The van der Waals surface area contributed by atoms with E-state index in [4.69, 9.17) is 9.84 Å². The summed E-state index contributed by atoms with van der Waals surface area (Å²) in [6.45, 7) is 5.56. The number of carbonyl (C=O) groups excluding carboxylic acids is 2. The normalized spacial score (nSPS) is 11.2. The molecular weight excluding hydrogens is 266 g/mol. The molecule has 0 aliphatic rings. The Morgan fingerprint density at radius 3 is 2.25 bits per heavy atom.